The first-order valence-corrected chi connectivity index (χ1v) is 10.4. The van der Waals surface area contributed by atoms with Crippen molar-refractivity contribution in [3.63, 3.8) is 0 Å². The molecule has 2 aromatic rings. The first-order chi connectivity index (χ1) is 13.9. The van der Waals surface area contributed by atoms with E-state index in [9.17, 15) is 4.79 Å². The van der Waals surface area contributed by atoms with Gasteiger partial charge in [0.05, 0.1) is 6.42 Å². The maximum absolute atomic E-state index is 11.1. The number of likely N-dealkylation sites (tertiary alicyclic amines) is 1. The molecule has 0 aromatic heterocycles. The van der Waals surface area contributed by atoms with E-state index < -0.39 is 5.97 Å². The number of nitrogens with zero attached hydrogens (tertiary/aromatic N) is 1. The first kappa shape index (κ1) is 22.4. The van der Waals surface area contributed by atoms with E-state index in [-0.39, 0.29) is 24.2 Å². The summed E-state index contributed by atoms with van der Waals surface area (Å²) in [6, 6.07) is 16.9. The molecule has 2 aliphatic rings. The second kappa shape index (κ2) is 9.23. The average molecular weight is 428 g/mol. The summed E-state index contributed by atoms with van der Waals surface area (Å²) >= 11 is 0. The molecular formula is C25H30ClNO3. The maximum Gasteiger partial charge on any atom is 0.303 e. The van der Waals surface area contributed by atoms with E-state index in [0.717, 1.165) is 38.2 Å². The van der Waals surface area contributed by atoms with E-state index in [2.05, 4.69) is 47.4 Å². The summed E-state index contributed by atoms with van der Waals surface area (Å²) in [6.07, 6.45) is 2.21. The summed E-state index contributed by atoms with van der Waals surface area (Å²) in [6.45, 7) is 7.44. The van der Waals surface area contributed by atoms with Gasteiger partial charge in [0.1, 0.15) is 12.4 Å². The summed E-state index contributed by atoms with van der Waals surface area (Å²) < 4.78 is 6.12. The van der Waals surface area contributed by atoms with Crippen molar-refractivity contribution in [3.05, 3.63) is 70.8 Å². The van der Waals surface area contributed by atoms with Crippen LogP contribution in [0.15, 0.2) is 54.1 Å². The number of fused-ring (bicyclic) bond motifs is 2. The molecule has 2 heterocycles. The van der Waals surface area contributed by atoms with Crippen molar-refractivity contribution in [2.75, 3.05) is 19.6 Å². The molecular weight excluding hydrogens is 398 g/mol. The molecule has 160 valence electrons. The molecule has 2 aromatic carbocycles. The van der Waals surface area contributed by atoms with Crippen molar-refractivity contribution >= 4 is 23.9 Å². The van der Waals surface area contributed by atoms with Gasteiger partial charge >= 0.3 is 5.97 Å². The van der Waals surface area contributed by atoms with E-state index in [1.807, 2.05) is 19.9 Å². The van der Waals surface area contributed by atoms with Crippen molar-refractivity contribution in [2.45, 2.75) is 39.7 Å². The fourth-order valence-electron chi connectivity index (χ4n) is 4.67. The van der Waals surface area contributed by atoms with Gasteiger partial charge in [-0.3, -0.25) is 4.79 Å². The van der Waals surface area contributed by atoms with Crippen molar-refractivity contribution < 1.29 is 14.6 Å². The Balaban J connectivity index is 0.00000256. The Bertz CT molecular complexity index is 891. The number of aliphatic carboxylic acids is 1. The lowest BCUT2D eigenvalue weighted by molar-refractivity contribution is -0.139. The Morgan fingerprint density at radius 3 is 2.37 bits per heavy atom. The van der Waals surface area contributed by atoms with Gasteiger partial charge in [-0.25, -0.2) is 0 Å². The van der Waals surface area contributed by atoms with Gasteiger partial charge in [-0.15, -0.1) is 12.4 Å². The minimum absolute atomic E-state index is 0. The van der Waals surface area contributed by atoms with Crippen LogP contribution in [0.2, 0.25) is 0 Å². The second-order valence-corrected chi connectivity index (χ2v) is 8.93. The molecule has 4 nitrogen and oxygen atoms in total. The van der Waals surface area contributed by atoms with Crippen LogP contribution in [0.5, 0.6) is 5.75 Å². The molecule has 0 radical (unpaired) electrons. The zero-order valence-corrected chi connectivity index (χ0v) is 18.5. The predicted molar refractivity (Wildman–Crippen MR) is 122 cm³/mol. The molecule has 1 saturated heterocycles. The van der Waals surface area contributed by atoms with Gasteiger partial charge in [0.25, 0.3) is 0 Å². The number of carboxylic acid groups (broad SMARTS) is 1. The van der Waals surface area contributed by atoms with Crippen molar-refractivity contribution in [3.8, 4) is 5.75 Å². The molecule has 0 unspecified atom stereocenters. The molecule has 0 aliphatic carbocycles. The number of para-hydroxylation sites is 1. The largest absolute Gasteiger partial charge is 0.488 e. The van der Waals surface area contributed by atoms with E-state index in [1.54, 1.807) is 0 Å². The maximum atomic E-state index is 11.1. The molecule has 0 saturated carbocycles. The quantitative estimate of drug-likeness (QED) is 0.709. The number of halogens is 1. The van der Waals surface area contributed by atoms with Crippen LogP contribution in [-0.4, -0.2) is 35.6 Å². The third-order valence-electron chi connectivity index (χ3n) is 5.92. The molecule has 1 fully saturated rings. The Morgan fingerprint density at radius 2 is 1.67 bits per heavy atom. The third kappa shape index (κ3) is 4.88. The second-order valence-electron chi connectivity index (χ2n) is 8.93. The molecule has 30 heavy (non-hydrogen) atoms. The highest BCUT2D eigenvalue weighted by Crippen LogP contribution is 2.41. The van der Waals surface area contributed by atoms with Crippen LogP contribution in [-0.2, 0) is 11.4 Å². The minimum atomic E-state index is -0.721. The van der Waals surface area contributed by atoms with Gasteiger partial charge in [-0.2, -0.15) is 0 Å². The number of ether oxygens (including phenoxy) is 1. The molecule has 2 aliphatic heterocycles. The van der Waals surface area contributed by atoms with Crippen LogP contribution in [0.25, 0.3) is 5.57 Å². The minimum Gasteiger partial charge on any atom is -0.488 e. The topological polar surface area (TPSA) is 49.8 Å². The van der Waals surface area contributed by atoms with Crippen LogP contribution in [0.1, 0.15) is 49.8 Å². The van der Waals surface area contributed by atoms with Crippen molar-refractivity contribution in [1.82, 2.24) is 4.90 Å². The molecule has 0 amide bonds. The average Bonchev–Trinajstić information content (AvgIpc) is 2.84. The van der Waals surface area contributed by atoms with E-state index in [0.29, 0.717) is 6.61 Å². The number of hydrogen-bond acceptors (Lipinski definition) is 3. The Hall–Kier alpha value is -2.30. The summed E-state index contributed by atoms with van der Waals surface area (Å²) in [5.41, 5.74) is 6.29. The molecule has 4 rings (SSSR count). The molecule has 1 N–H and O–H groups in total. The highest BCUT2D eigenvalue weighted by Gasteiger charge is 2.28. The first-order valence-electron chi connectivity index (χ1n) is 10.4. The standard InChI is InChI=1S/C25H29NO3.ClH/c1-25(2,15-23(27)28)17-26-13-11-18(12-14-26)24-20-8-4-3-7-19(20)16-29-22-10-6-5-9-21(22)24;/h3-10H,11-17H2,1-2H3,(H,27,28);1H. The smallest absolute Gasteiger partial charge is 0.303 e. The highest BCUT2D eigenvalue weighted by molar-refractivity contribution is 5.87. The zero-order chi connectivity index (χ0) is 20.4. The van der Waals surface area contributed by atoms with Gasteiger partial charge in [-0.05, 0) is 41.0 Å². The molecule has 0 bridgehead atoms. The summed E-state index contributed by atoms with van der Waals surface area (Å²) in [5.74, 6) is 0.234. The molecule has 0 spiro atoms. The van der Waals surface area contributed by atoms with Crippen molar-refractivity contribution in [1.29, 1.82) is 0 Å². The van der Waals surface area contributed by atoms with Gasteiger partial charge < -0.3 is 14.7 Å². The van der Waals surface area contributed by atoms with Gasteiger partial charge in [-0.1, -0.05) is 61.9 Å². The lowest BCUT2D eigenvalue weighted by Gasteiger charge is -2.35. The lowest BCUT2D eigenvalue weighted by atomic mass is 9.85. The molecule has 0 atom stereocenters. The van der Waals surface area contributed by atoms with Crippen LogP contribution in [0.3, 0.4) is 0 Å². The zero-order valence-electron chi connectivity index (χ0n) is 17.7. The summed E-state index contributed by atoms with van der Waals surface area (Å²) in [4.78, 5) is 13.6. The van der Waals surface area contributed by atoms with Crippen LogP contribution in [0, 0.1) is 5.41 Å². The summed E-state index contributed by atoms with van der Waals surface area (Å²) in [7, 11) is 0. The highest BCUT2D eigenvalue weighted by atomic mass is 35.5. The number of hydrogen-bond donors (Lipinski definition) is 1. The van der Waals surface area contributed by atoms with Gasteiger partial charge in [0, 0.05) is 25.2 Å². The SMILES string of the molecule is CC(C)(CC(=O)O)CN1CCC(=C2c3ccccc3COc3ccccc32)CC1.Cl. The normalized spacial score (nSPS) is 16.6. The Kier molecular flexibility index (Phi) is 6.89. The monoisotopic (exact) mass is 427 g/mol. The van der Waals surface area contributed by atoms with Crippen LogP contribution in [0.4, 0.5) is 0 Å². The summed E-state index contributed by atoms with van der Waals surface area (Å²) in [5, 5.41) is 9.17. The fourth-order valence-corrected chi connectivity index (χ4v) is 4.67. The predicted octanol–water partition coefficient (Wildman–Crippen LogP) is 5.40. The van der Waals surface area contributed by atoms with E-state index in [4.69, 9.17) is 9.84 Å². The Morgan fingerprint density at radius 1 is 1.03 bits per heavy atom. The van der Waals surface area contributed by atoms with E-state index in [1.165, 1.54) is 27.8 Å². The number of carboxylic acids is 1. The number of piperidine rings is 1. The number of carbonyl (C=O) groups is 1. The van der Waals surface area contributed by atoms with Crippen LogP contribution >= 0.6 is 12.4 Å². The van der Waals surface area contributed by atoms with Crippen LogP contribution < -0.4 is 4.74 Å². The van der Waals surface area contributed by atoms with Gasteiger partial charge in [0.2, 0.25) is 0 Å². The van der Waals surface area contributed by atoms with Crippen molar-refractivity contribution in [2.24, 2.45) is 5.41 Å². The number of benzene rings is 2. The Labute approximate surface area is 185 Å². The van der Waals surface area contributed by atoms with Gasteiger partial charge in [0.15, 0.2) is 0 Å². The lowest BCUT2D eigenvalue weighted by Crippen LogP contribution is -2.39. The number of rotatable bonds is 4. The fraction of sp³-hybridized carbons (Fsp3) is 0.400. The third-order valence-corrected chi connectivity index (χ3v) is 5.92. The molecule has 5 heteroatoms. The van der Waals surface area contributed by atoms with E-state index >= 15 is 0 Å².